The summed E-state index contributed by atoms with van der Waals surface area (Å²) < 4.78 is 6.00. The van der Waals surface area contributed by atoms with Crippen LogP contribution in [-0.4, -0.2) is 48.5 Å². The minimum atomic E-state index is -0.328. The first kappa shape index (κ1) is 18.2. The van der Waals surface area contributed by atoms with Gasteiger partial charge in [-0.1, -0.05) is 27.7 Å². The molecule has 2 fully saturated rings. The standard InChI is InChI=1S/C19H37NO2/c1-15-6-5-11-20(12-15)13-17(21)14-22-18-9-7-16(8-10-18)19(2,3)4/h15-18,21H,5-14H2,1-4H3/t15-,16?,17+,18?/m0/s1. The molecule has 0 amide bonds. The Morgan fingerprint density at radius 3 is 2.41 bits per heavy atom. The molecule has 0 bridgehead atoms. The number of hydrogen-bond donors (Lipinski definition) is 1. The van der Waals surface area contributed by atoms with Crippen LogP contribution in [0.4, 0.5) is 0 Å². The normalized spacial score (nSPS) is 32.9. The number of aliphatic hydroxyl groups is 1. The molecule has 2 atom stereocenters. The molecule has 0 aromatic rings. The number of β-amino-alcohol motifs (C(OH)–C–C–N with tert-alkyl or cyclic N) is 1. The molecular formula is C19H37NO2. The molecule has 0 spiro atoms. The van der Waals surface area contributed by atoms with Crippen molar-refractivity contribution < 1.29 is 9.84 Å². The molecule has 0 unspecified atom stereocenters. The summed E-state index contributed by atoms with van der Waals surface area (Å²) in [7, 11) is 0. The van der Waals surface area contributed by atoms with Crippen LogP contribution in [0, 0.1) is 17.3 Å². The molecule has 1 aliphatic heterocycles. The van der Waals surface area contributed by atoms with Crippen molar-refractivity contribution in [3.05, 3.63) is 0 Å². The zero-order valence-electron chi connectivity index (χ0n) is 15.2. The Morgan fingerprint density at radius 2 is 1.82 bits per heavy atom. The van der Waals surface area contributed by atoms with Gasteiger partial charge in [-0.05, 0) is 62.3 Å². The van der Waals surface area contributed by atoms with Gasteiger partial charge in [0.1, 0.15) is 0 Å². The Labute approximate surface area is 137 Å². The first-order chi connectivity index (χ1) is 10.3. The average Bonchev–Trinajstić information content (AvgIpc) is 2.45. The second kappa shape index (κ2) is 8.12. The van der Waals surface area contributed by atoms with Gasteiger partial charge in [0.25, 0.3) is 0 Å². The van der Waals surface area contributed by atoms with E-state index in [2.05, 4.69) is 32.6 Å². The summed E-state index contributed by atoms with van der Waals surface area (Å²) in [5.41, 5.74) is 0.426. The molecule has 3 nitrogen and oxygen atoms in total. The van der Waals surface area contributed by atoms with Gasteiger partial charge >= 0.3 is 0 Å². The van der Waals surface area contributed by atoms with Gasteiger partial charge in [-0.15, -0.1) is 0 Å². The molecule has 1 N–H and O–H groups in total. The largest absolute Gasteiger partial charge is 0.389 e. The van der Waals surface area contributed by atoms with E-state index in [1.165, 1.54) is 25.7 Å². The Balaban J connectivity index is 1.62. The minimum Gasteiger partial charge on any atom is -0.389 e. The molecule has 1 heterocycles. The van der Waals surface area contributed by atoms with E-state index in [0.717, 1.165) is 44.3 Å². The summed E-state index contributed by atoms with van der Waals surface area (Å²) in [5.74, 6) is 1.60. The second-order valence-electron chi connectivity index (χ2n) is 8.83. The van der Waals surface area contributed by atoms with Gasteiger partial charge in [0.05, 0.1) is 18.8 Å². The molecule has 3 heteroatoms. The van der Waals surface area contributed by atoms with Gasteiger partial charge in [0.15, 0.2) is 0 Å². The van der Waals surface area contributed by atoms with Gasteiger partial charge < -0.3 is 14.7 Å². The fourth-order valence-corrected chi connectivity index (χ4v) is 4.15. The van der Waals surface area contributed by atoms with Crippen LogP contribution in [0.5, 0.6) is 0 Å². The molecule has 1 saturated carbocycles. The van der Waals surface area contributed by atoms with Crippen molar-refractivity contribution in [1.29, 1.82) is 0 Å². The lowest BCUT2D eigenvalue weighted by Crippen LogP contribution is -2.41. The highest BCUT2D eigenvalue weighted by molar-refractivity contribution is 4.81. The van der Waals surface area contributed by atoms with Crippen molar-refractivity contribution in [1.82, 2.24) is 4.90 Å². The Hall–Kier alpha value is -0.120. The van der Waals surface area contributed by atoms with Gasteiger partial charge in [-0.25, -0.2) is 0 Å². The lowest BCUT2D eigenvalue weighted by molar-refractivity contribution is -0.0466. The molecule has 130 valence electrons. The number of aliphatic hydroxyl groups excluding tert-OH is 1. The van der Waals surface area contributed by atoms with Crippen molar-refractivity contribution in [2.24, 2.45) is 17.3 Å². The van der Waals surface area contributed by atoms with E-state index in [-0.39, 0.29) is 6.10 Å². The maximum absolute atomic E-state index is 10.2. The third-order valence-corrected chi connectivity index (χ3v) is 5.63. The third kappa shape index (κ3) is 5.82. The molecule has 1 aliphatic carbocycles. The average molecular weight is 312 g/mol. The topological polar surface area (TPSA) is 32.7 Å². The molecule has 0 aromatic heterocycles. The second-order valence-corrected chi connectivity index (χ2v) is 8.83. The number of rotatable bonds is 5. The fourth-order valence-electron chi connectivity index (χ4n) is 4.15. The fraction of sp³-hybridized carbons (Fsp3) is 1.00. The first-order valence-electron chi connectivity index (χ1n) is 9.36. The van der Waals surface area contributed by atoms with Crippen molar-refractivity contribution >= 4 is 0 Å². The highest BCUT2D eigenvalue weighted by Crippen LogP contribution is 2.38. The highest BCUT2D eigenvalue weighted by atomic mass is 16.5. The van der Waals surface area contributed by atoms with Gasteiger partial charge in [0, 0.05) is 13.1 Å². The van der Waals surface area contributed by atoms with E-state index in [4.69, 9.17) is 4.74 Å². The lowest BCUT2D eigenvalue weighted by atomic mass is 9.72. The Morgan fingerprint density at radius 1 is 1.14 bits per heavy atom. The van der Waals surface area contributed by atoms with Crippen LogP contribution in [0.3, 0.4) is 0 Å². The van der Waals surface area contributed by atoms with Crippen LogP contribution in [0.1, 0.15) is 66.2 Å². The first-order valence-corrected chi connectivity index (χ1v) is 9.36. The molecule has 2 rings (SSSR count). The van der Waals surface area contributed by atoms with Crippen LogP contribution in [0.2, 0.25) is 0 Å². The number of ether oxygens (including phenoxy) is 1. The molecular weight excluding hydrogens is 274 g/mol. The number of hydrogen-bond acceptors (Lipinski definition) is 3. The highest BCUT2D eigenvalue weighted by Gasteiger charge is 2.30. The number of piperidine rings is 1. The monoisotopic (exact) mass is 311 g/mol. The Kier molecular flexibility index (Phi) is 6.73. The van der Waals surface area contributed by atoms with Crippen LogP contribution in [0.25, 0.3) is 0 Å². The van der Waals surface area contributed by atoms with Crippen molar-refractivity contribution in [3.63, 3.8) is 0 Å². The smallest absolute Gasteiger partial charge is 0.0900 e. The van der Waals surface area contributed by atoms with Crippen LogP contribution in [-0.2, 0) is 4.74 Å². The van der Waals surface area contributed by atoms with E-state index in [1.54, 1.807) is 0 Å². The Bertz CT molecular complexity index is 318. The predicted molar refractivity (Wildman–Crippen MR) is 92.0 cm³/mol. The SMILES string of the molecule is C[C@H]1CCCN(C[C@@H](O)COC2CCC(C(C)(C)C)CC2)C1. The van der Waals surface area contributed by atoms with Crippen molar-refractivity contribution in [3.8, 4) is 0 Å². The van der Waals surface area contributed by atoms with Crippen LogP contribution >= 0.6 is 0 Å². The number of nitrogens with zero attached hydrogens (tertiary/aromatic N) is 1. The van der Waals surface area contributed by atoms with Crippen LogP contribution in [0.15, 0.2) is 0 Å². The van der Waals surface area contributed by atoms with E-state index < -0.39 is 0 Å². The maximum Gasteiger partial charge on any atom is 0.0900 e. The van der Waals surface area contributed by atoms with Crippen LogP contribution < -0.4 is 0 Å². The maximum atomic E-state index is 10.2. The van der Waals surface area contributed by atoms with Gasteiger partial charge in [-0.2, -0.15) is 0 Å². The van der Waals surface area contributed by atoms with Gasteiger partial charge in [0.2, 0.25) is 0 Å². The summed E-state index contributed by atoms with van der Waals surface area (Å²) in [6.45, 7) is 12.9. The zero-order chi connectivity index (χ0) is 16.2. The summed E-state index contributed by atoms with van der Waals surface area (Å²) >= 11 is 0. The number of likely N-dealkylation sites (tertiary alicyclic amines) is 1. The summed E-state index contributed by atoms with van der Waals surface area (Å²) in [4.78, 5) is 2.40. The summed E-state index contributed by atoms with van der Waals surface area (Å²) in [5, 5.41) is 10.2. The molecule has 1 saturated heterocycles. The predicted octanol–water partition coefficient (Wildman–Crippen LogP) is 3.70. The van der Waals surface area contributed by atoms with E-state index >= 15 is 0 Å². The minimum absolute atomic E-state index is 0.328. The zero-order valence-corrected chi connectivity index (χ0v) is 15.2. The molecule has 22 heavy (non-hydrogen) atoms. The van der Waals surface area contributed by atoms with E-state index in [1.807, 2.05) is 0 Å². The molecule has 0 aromatic carbocycles. The lowest BCUT2D eigenvalue weighted by Gasteiger charge is -2.37. The quantitative estimate of drug-likeness (QED) is 0.840. The van der Waals surface area contributed by atoms with E-state index in [9.17, 15) is 5.11 Å². The van der Waals surface area contributed by atoms with Crippen molar-refractivity contribution in [2.75, 3.05) is 26.2 Å². The summed E-state index contributed by atoms with van der Waals surface area (Å²) in [6.07, 6.45) is 7.51. The molecule has 2 aliphatic rings. The molecule has 0 radical (unpaired) electrons. The van der Waals surface area contributed by atoms with E-state index in [0.29, 0.717) is 18.1 Å². The summed E-state index contributed by atoms with van der Waals surface area (Å²) in [6, 6.07) is 0. The third-order valence-electron chi connectivity index (χ3n) is 5.63. The van der Waals surface area contributed by atoms with Crippen molar-refractivity contribution in [2.45, 2.75) is 78.4 Å². The van der Waals surface area contributed by atoms with Gasteiger partial charge in [-0.3, -0.25) is 0 Å².